The number of nitrogens with zero attached hydrogens (tertiary/aromatic N) is 3. The van der Waals surface area contributed by atoms with Crippen LogP contribution in [-0.4, -0.2) is 33.1 Å². The molecular formula is C26H22FN7O. The van der Waals surface area contributed by atoms with Crippen molar-refractivity contribution >= 4 is 34.2 Å². The Bertz CT molecular complexity index is 1500. The Labute approximate surface area is 200 Å². The number of amides is 1. The number of aromatic nitrogens is 3. The molecule has 0 radical (unpaired) electrons. The number of hydrogen-bond acceptors (Lipinski definition) is 7. The van der Waals surface area contributed by atoms with Gasteiger partial charge in [0, 0.05) is 29.6 Å². The maximum atomic E-state index is 14.7. The molecule has 0 spiro atoms. The molecule has 2 aromatic heterocycles. The Morgan fingerprint density at radius 1 is 1.17 bits per heavy atom. The van der Waals surface area contributed by atoms with Gasteiger partial charge in [0.2, 0.25) is 5.91 Å². The summed E-state index contributed by atoms with van der Waals surface area (Å²) in [6, 6.07) is 16.1. The van der Waals surface area contributed by atoms with Gasteiger partial charge in [0.25, 0.3) is 0 Å². The predicted molar refractivity (Wildman–Crippen MR) is 133 cm³/mol. The van der Waals surface area contributed by atoms with Crippen LogP contribution in [0.2, 0.25) is 0 Å². The Kier molecular flexibility index (Phi) is 5.88. The maximum Gasteiger partial charge on any atom is 0.247 e. The van der Waals surface area contributed by atoms with Crippen LogP contribution in [0.5, 0.6) is 0 Å². The molecular weight excluding hydrogens is 445 g/mol. The SMILES string of the molecule is N=C(/C=C1/CCNC1=O)c1c(N)ncnc1NCc1cc2ccccc2nc1-c1ccccc1F. The zero-order valence-electron chi connectivity index (χ0n) is 18.7. The van der Waals surface area contributed by atoms with Crippen molar-refractivity contribution < 1.29 is 9.18 Å². The van der Waals surface area contributed by atoms with Gasteiger partial charge in [0.1, 0.15) is 23.8 Å². The first kappa shape index (κ1) is 22.1. The number of para-hydroxylation sites is 1. The highest BCUT2D eigenvalue weighted by atomic mass is 19.1. The van der Waals surface area contributed by atoms with Crippen molar-refractivity contribution in [1.29, 1.82) is 5.41 Å². The van der Waals surface area contributed by atoms with Crippen LogP contribution < -0.4 is 16.4 Å². The molecule has 1 aliphatic rings. The molecule has 8 nitrogen and oxygen atoms in total. The lowest BCUT2D eigenvalue weighted by Gasteiger charge is -2.15. The Hall–Kier alpha value is -4.66. The number of nitrogens with one attached hydrogen (secondary N) is 3. The molecule has 1 saturated heterocycles. The normalized spacial score (nSPS) is 14.3. The van der Waals surface area contributed by atoms with Crippen molar-refractivity contribution in [3.05, 3.63) is 89.5 Å². The summed E-state index contributed by atoms with van der Waals surface area (Å²) in [6.07, 6.45) is 3.33. The number of nitrogen functional groups attached to an aromatic ring is 1. The predicted octanol–water partition coefficient (Wildman–Crippen LogP) is 3.84. The number of pyridine rings is 1. The van der Waals surface area contributed by atoms with Crippen LogP contribution in [0.15, 0.2) is 72.6 Å². The van der Waals surface area contributed by atoms with E-state index in [-0.39, 0.29) is 29.8 Å². The number of hydrogen-bond donors (Lipinski definition) is 4. The molecule has 1 fully saturated rings. The number of anilines is 2. The van der Waals surface area contributed by atoms with Crippen molar-refractivity contribution in [2.75, 3.05) is 17.6 Å². The molecule has 0 unspecified atom stereocenters. The molecule has 3 heterocycles. The van der Waals surface area contributed by atoms with Gasteiger partial charge in [-0.15, -0.1) is 0 Å². The Morgan fingerprint density at radius 3 is 2.77 bits per heavy atom. The summed E-state index contributed by atoms with van der Waals surface area (Å²) < 4.78 is 14.7. The highest BCUT2D eigenvalue weighted by Gasteiger charge is 2.20. The molecule has 9 heteroatoms. The van der Waals surface area contributed by atoms with Crippen LogP contribution in [0.1, 0.15) is 17.5 Å². The van der Waals surface area contributed by atoms with Crippen molar-refractivity contribution in [2.45, 2.75) is 13.0 Å². The third kappa shape index (κ3) is 4.43. The highest BCUT2D eigenvalue weighted by molar-refractivity contribution is 6.16. The van der Waals surface area contributed by atoms with E-state index in [0.29, 0.717) is 41.2 Å². The number of fused-ring (bicyclic) bond motifs is 1. The van der Waals surface area contributed by atoms with E-state index in [2.05, 4.69) is 20.6 Å². The molecule has 5 N–H and O–H groups in total. The van der Waals surface area contributed by atoms with Crippen molar-refractivity contribution in [3.63, 3.8) is 0 Å². The van der Waals surface area contributed by atoms with Crippen molar-refractivity contribution in [3.8, 4) is 11.3 Å². The molecule has 2 aromatic carbocycles. The average molecular weight is 468 g/mol. The van der Waals surface area contributed by atoms with Crippen molar-refractivity contribution in [2.24, 2.45) is 0 Å². The number of halogens is 1. The minimum absolute atomic E-state index is 0.0311. The van der Waals surface area contributed by atoms with E-state index < -0.39 is 0 Å². The number of carbonyl (C=O) groups is 1. The fourth-order valence-corrected chi connectivity index (χ4v) is 4.08. The number of allylic oxidation sites excluding steroid dienone is 1. The van der Waals surface area contributed by atoms with Gasteiger partial charge in [-0.25, -0.2) is 19.3 Å². The van der Waals surface area contributed by atoms with Gasteiger partial charge < -0.3 is 16.4 Å². The van der Waals surface area contributed by atoms with E-state index in [0.717, 1.165) is 16.5 Å². The number of nitrogens with two attached hydrogens (primary N) is 1. The molecule has 4 aromatic rings. The first-order valence-corrected chi connectivity index (χ1v) is 11.1. The van der Waals surface area contributed by atoms with E-state index in [9.17, 15) is 9.18 Å². The zero-order chi connectivity index (χ0) is 24.4. The van der Waals surface area contributed by atoms with Gasteiger partial charge in [-0.2, -0.15) is 0 Å². The topological polar surface area (TPSA) is 130 Å². The first-order chi connectivity index (χ1) is 17.0. The van der Waals surface area contributed by atoms with Crippen LogP contribution in [0.25, 0.3) is 22.2 Å². The lowest BCUT2D eigenvalue weighted by molar-refractivity contribution is -0.116. The second kappa shape index (κ2) is 9.30. The Balaban J connectivity index is 1.52. The summed E-state index contributed by atoms with van der Waals surface area (Å²) in [7, 11) is 0. The van der Waals surface area contributed by atoms with Gasteiger partial charge >= 0.3 is 0 Å². The molecule has 5 rings (SSSR count). The third-order valence-corrected chi connectivity index (χ3v) is 5.81. The van der Waals surface area contributed by atoms with Crippen LogP contribution in [0, 0.1) is 11.2 Å². The van der Waals surface area contributed by atoms with E-state index in [4.69, 9.17) is 16.1 Å². The van der Waals surface area contributed by atoms with Crippen LogP contribution >= 0.6 is 0 Å². The number of rotatable bonds is 6. The van der Waals surface area contributed by atoms with Gasteiger partial charge in [-0.1, -0.05) is 30.3 Å². The summed E-state index contributed by atoms with van der Waals surface area (Å²) in [5.74, 6) is -0.109. The lowest BCUT2D eigenvalue weighted by atomic mass is 10.0. The smallest absolute Gasteiger partial charge is 0.247 e. The Morgan fingerprint density at radius 2 is 1.97 bits per heavy atom. The van der Waals surface area contributed by atoms with Crippen LogP contribution in [0.3, 0.4) is 0 Å². The van der Waals surface area contributed by atoms with E-state index in [1.807, 2.05) is 30.3 Å². The molecule has 174 valence electrons. The maximum absolute atomic E-state index is 14.7. The first-order valence-electron chi connectivity index (χ1n) is 11.1. The highest BCUT2D eigenvalue weighted by Crippen LogP contribution is 2.29. The molecule has 1 amide bonds. The minimum atomic E-state index is -0.369. The fourth-order valence-electron chi connectivity index (χ4n) is 4.08. The summed E-state index contributed by atoms with van der Waals surface area (Å²) in [4.78, 5) is 25.0. The van der Waals surface area contributed by atoms with Gasteiger partial charge in [0.15, 0.2) is 0 Å². The molecule has 0 bridgehead atoms. The van der Waals surface area contributed by atoms with E-state index in [1.165, 1.54) is 18.5 Å². The molecule has 1 aliphatic heterocycles. The third-order valence-electron chi connectivity index (χ3n) is 5.81. The number of carbonyl (C=O) groups excluding carboxylic acids is 1. The number of benzene rings is 2. The molecule has 0 aliphatic carbocycles. The molecule has 35 heavy (non-hydrogen) atoms. The minimum Gasteiger partial charge on any atom is -0.383 e. The summed E-state index contributed by atoms with van der Waals surface area (Å²) >= 11 is 0. The molecule has 0 atom stereocenters. The van der Waals surface area contributed by atoms with Gasteiger partial charge in [-0.05, 0) is 42.3 Å². The van der Waals surface area contributed by atoms with Gasteiger partial charge in [-0.3, -0.25) is 10.2 Å². The summed E-state index contributed by atoms with van der Waals surface area (Å²) in [5.41, 5.74) is 9.32. The average Bonchev–Trinajstić information content (AvgIpc) is 3.26. The second-order valence-corrected chi connectivity index (χ2v) is 8.09. The quantitative estimate of drug-likeness (QED) is 0.252. The van der Waals surface area contributed by atoms with E-state index in [1.54, 1.807) is 18.2 Å². The standard InChI is InChI=1S/C26H22FN7O/c27-19-7-3-2-6-18(19)23-17(11-15-5-1-4-8-21(15)34-23)13-31-25-22(24(29)32-14-33-25)20(28)12-16-9-10-30-26(16)35/h1-8,11-12,14,28H,9-10,13H2,(H,30,35)(H3,29,31,32,33)/b16-12-,28-20?. The van der Waals surface area contributed by atoms with Crippen LogP contribution in [0.4, 0.5) is 16.0 Å². The largest absolute Gasteiger partial charge is 0.383 e. The molecule has 0 saturated carbocycles. The second-order valence-electron chi connectivity index (χ2n) is 8.09. The van der Waals surface area contributed by atoms with Crippen molar-refractivity contribution in [1.82, 2.24) is 20.3 Å². The lowest BCUT2D eigenvalue weighted by Crippen LogP contribution is -2.16. The van der Waals surface area contributed by atoms with Crippen LogP contribution in [-0.2, 0) is 11.3 Å². The summed E-state index contributed by atoms with van der Waals surface area (Å²) in [6.45, 7) is 0.785. The van der Waals surface area contributed by atoms with E-state index >= 15 is 0 Å². The zero-order valence-corrected chi connectivity index (χ0v) is 18.7. The van der Waals surface area contributed by atoms with Gasteiger partial charge in [0.05, 0.1) is 22.5 Å². The fraction of sp³-hybridized carbons (Fsp3) is 0.115. The summed E-state index contributed by atoms with van der Waals surface area (Å²) in [5, 5.41) is 15.4. The monoisotopic (exact) mass is 467 g/mol.